The molecule has 1 aromatic heterocycles. The second kappa shape index (κ2) is 7.78. The average Bonchev–Trinajstić information content (AvgIpc) is 2.91. The lowest BCUT2D eigenvalue weighted by molar-refractivity contribution is -0.145. The fraction of sp³-hybridized carbons (Fsp3) is 0.750. The first kappa shape index (κ1) is 16.3. The summed E-state index contributed by atoms with van der Waals surface area (Å²) in [5.41, 5.74) is 0.955. The van der Waals surface area contributed by atoms with Gasteiger partial charge < -0.3 is 10.1 Å². The van der Waals surface area contributed by atoms with Crippen LogP contribution in [0, 0.1) is 5.92 Å². The molecule has 0 radical (unpaired) electrons. The smallest absolute Gasteiger partial charge is 0.315 e. The minimum absolute atomic E-state index is 0.115. The highest BCUT2D eigenvalue weighted by molar-refractivity contribution is 7.15. The van der Waals surface area contributed by atoms with Crippen LogP contribution in [0.15, 0.2) is 0 Å². The Balaban J connectivity index is 2.06. The minimum Gasteiger partial charge on any atom is -0.465 e. The Kier molecular flexibility index (Phi) is 6.03. The van der Waals surface area contributed by atoms with Crippen LogP contribution in [-0.2, 0) is 16.0 Å². The number of thiazole rings is 1. The van der Waals surface area contributed by atoms with Gasteiger partial charge in [0.05, 0.1) is 12.3 Å². The molecule has 0 bridgehead atoms. The van der Waals surface area contributed by atoms with Crippen LogP contribution in [0.4, 0.5) is 5.13 Å². The molecule has 118 valence electrons. The zero-order valence-corrected chi connectivity index (χ0v) is 14.1. The zero-order chi connectivity index (χ0) is 15.2. The molecule has 21 heavy (non-hydrogen) atoms. The Labute approximate surface area is 131 Å². The van der Waals surface area contributed by atoms with Crippen LogP contribution < -0.4 is 5.32 Å². The molecule has 4 nitrogen and oxygen atoms in total. The monoisotopic (exact) mass is 310 g/mol. The molecule has 0 aliphatic heterocycles. The minimum atomic E-state index is -0.159. The van der Waals surface area contributed by atoms with E-state index in [0.717, 1.165) is 36.6 Å². The van der Waals surface area contributed by atoms with E-state index in [0.29, 0.717) is 12.5 Å². The molecular formula is C16H26N2O2S. The third kappa shape index (κ3) is 3.96. The van der Waals surface area contributed by atoms with Gasteiger partial charge in [-0.3, -0.25) is 4.79 Å². The molecular weight excluding hydrogens is 284 g/mol. The predicted octanol–water partition coefficient (Wildman–Crippen LogP) is 3.97. The first-order valence-corrected chi connectivity index (χ1v) is 8.91. The number of nitrogens with zero attached hydrogens (tertiary/aromatic N) is 1. The summed E-state index contributed by atoms with van der Waals surface area (Å²) in [6.45, 7) is 7.70. The third-order valence-electron chi connectivity index (χ3n) is 4.22. The largest absolute Gasteiger partial charge is 0.465 e. The summed E-state index contributed by atoms with van der Waals surface area (Å²) in [4.78, 5) is 18.0. The van der Waals surface area contributed by atoms with Crippen LogP contribution in [0.2, 0.25) is 0 Å². The van der Waals surface area contributed by atoms with Gasteiger partial charge >= 0.3 is 5.97 Å². The van der Waals surface area contributed by atoms with Crippen molar-refractivity contribution in [2.45, 2.75) is 58.8 Å². The summed E-state index contributed by atoms with van der Waals surface area (Å²) in [7, 11) is 0. The van der Waals surface area contributed by atoms with Gasteiger partial charge in [-0.05, 0) is 32.1 Å². The zero-order valence-electron chi connectivity index (χ0n) is 13.3. The van der Waals surface area contributed by atoms with E-state index in [1.807, 2.05) is 6.92 Å². The molecule has 1 atom stereocenters. The standard InChI is InChI=1S/C16H26N2O2S/c1-4-11(5-2)10-17-16-18-14-12(15(19)20-6-3)8-7-9-13(14)21-16/h11-12H,4-10H2,1-3H3,(H,17,18). The molecule has 2 rings (SSSR count). The van der Waals surface area contributed by atoms with Gasteiger partial charge in [0.1, 0.15) is 5.92 Å². The Hall–Kier alpha value is -1.10. The molecule has 1 aromatic rings. The Morgan fingerprint density at radius 1 is 1.43 bits per heavy atom. The SMILES string of the molecule is CCOC(=O)C1CCCc2sc(NCC(CC)CC)nc21. The maximum Gasteiger partial charge on any atom is 0.315 e. The number of carbonyl (C=O) groups is 1. The third-order valence-corrected chi connectivity index (χ3v) is 5.31. The summed E-state index contributed by atoms with van der Waals surface area (Å²) in [6, 6.07) is 0. The molecule has 1 aliphatic carbocycles. The number of esters is 1. The number of anilines is 1. The van der Waals surface area contributed by atoms with Crippen LogP contribution >= 0.6 is 11.3 Å². The number of hydrogen-bond acceptors (Lipinski definition) is 5. The van der Waals surface area contributed by atoms with Crippen LogP contribution in [0.3, 0.4) is 0 Å². The van der Waals surface area contributed by atoms with E-state index in [-0.39, 0.29) is 11.9 Å². The van der Waals surface area contributed by atoms with Crippen molar-refractivity contribution in [3.05, 3.63) is 10.6 Å². The Morgan fingerprint density at radius 3 is 2.86 bits per heavy atom. The van der Waals surface area contributed by atoms with Crippen LogP contribution in [-0.4, -0.2) is 24.1 Å². The second-order valence-corrected chi connectivity index (χ2v) is 6.67. The van der Waals surface area contributed by atoms with Crippen molar-refractivity contribution in [1.82, 2.24) is 4.98 Å². The van der Waals surface area contributed by atoms with E-state index in [2.05, 4.69) is 24.1 Å². The number of carbonyl (C=O) groups excluding carboxylic acids is 1. The first-order chi connectivity index (χ1) is 10.2. The number of aromatic nitrogens is 1. The van der Waals surface area contributed by atoms with Crippen molar-refractivity contribution in [3.8, 4) is 0 Å². The molecule has 5 heteroatoms. The highest BCUT2D eigenvalue weighted by atomic mass is 32.1. The van der Waals surface area contributed by atoms with Gasteiger partial charge in [0.25, 0.3) is 0 Å². The lowest BCUT2D eigenvalue weighted by Crippen LogP contribution is -2.20. The maximum atomic E-state index is 12.1. The Morgan fingerprint density at radius 2 is 2.19 bits per heavy atom. The van der Waals surface area contributed by atoms with Crippen molar-refractivity contribution in [3.63, 3.8) is 0 Å². The molecule has 1 unspecified atom stereocenters. The fourth-order valence-electron chi connectivity index (χ4n) is 2.78. The highest BCUT2D eigenvalue weighted by Gasteiger charge is 2.31. The van der Waals surface area contributed by atoms with Crippen LogP contribution in [0.5, 0.6) is 0 Å². The van der Waals surface area contributed by atoms with E-state index in [9.17, 15) is 4.79 Å². The predicted molar refractivity (Wildman–Crippen MR) is 87.0 cm³/mol. The van der Waals surface area contributed by atoms with Crippen LogP contribution in [0.1, 0.15) is 62.9 Å². The summed E-state index contributed by atoms with van der Waals surface area (Å²) in [5, 5.41) is 4.41. The van der Waals surface area contributed by atoms with Crippen molar-refractivity contribution >= 4 is 22.4 Å². The number of hydrogen-bond donors (Lipinski definition) is 1. The number of nitrogens with one attached hydrogen (secondary N) is 1. The number of fused-ring (bicyclic) bond motifs is 1. The quantitative estimate of drug-likeness (QED) is 0.774. The number of rotatable bonds is 7. The Bertz CT molecular complexity index is 469. The van der Waals surface area contributed by atoms with Crippen molar-refractivity contribution in [2.24, 2.45) is 5.92 Å². The lowest BCUT2D eigenvalue weighted by atomic mass is 9.91. The van der Waals surface area contributed by atoms with E-state index < -0.39 is 0 Å². The maximum absolute atomic E-state index is 12.1. The van der Waals surface area contributed by atoms with Gasteiger partial charge in [-0.2, -0.15) is 0 Å². The van der Waals surface area contributed by atoms with Gasteiger partial charge in [0.2, 0.25) is 0 Å². The molecule has 0 spiro atoms. The highest BCUT2D eigenvalue weighted by Crippen LogP contribution is 2.37. The topological polar surface area (TPSA) is 51.2 Å². The average molecular weight is 310 g/mol. The van der Waals surface area contributed by atoms with E-state index in [4.69, 9.17) is 4.74 Å². The number of ether oxygens (including phenoxy) is 1. The molecule has 0 fully saturated rings. The summed E-state index contributed by atoms with van der Waals surface area (Å²) < 4.78 is 5.19. The van der Waals surface area contributed by atoms with Crippen molar-refractivity contribution in [2.75, 3.05) is 18.5 Å². The van der Waals surface area contributed by atoms with Gasteiger partial charge in [-0.15, -0.1) is 11.3 Å². The van der Waals surface area contributed by atoms with Gasteiger partial charge in [-0.25, -0.2) is 4.98 Å². The van der Waals surface area contributed by atoms with E-state index >= 15 is 0 Å². The molecule has 1 aliphatic rings. The normalized spacial score (nSPS) is 17.6. The second-order valence-electron chi connectivity index (χ2n) is 5.59. The molecule has 0 amide bonds. The molecule has 0 aromatic carbocycles. The van der Waals surface area contributed by atoms with Crippen molar-refractivity contribution in [1.29, 1.82) is 0 Å². The van der Waals surface area contributed by atoms with Crippen molar-refractivity contribution < 1.29 is 9.53 Å². The summed E-state index contributed by atoms with van der Waals surface area (Å²) >= 11 is 1.71. The number of aryl methyl sites for hydroxylation is 1. The van der Waals surface area contributed by atoms with Gasteiger partial charge in [0, 0.05) is 11.4 Å². The molecule has 0 saturated carbocycles. The van der Waals surface area contributed by atoms with E-state index in [1.54, 1.807) is 11.3 Å². The molecule has 0 saturated heterocycles. The first-order valence-electron chi connectivity index (χ1n) is 8.09. The molecule has 1 N–H and O–H groups in total. The van der Waals surface area contributed by atoms with Gasteiger partial charge in [-0.1, -0.05) is 26.7 Å². The summed E-state index contributed by atoms with van der Waals surface area (Å²) in [6.07, 6.45) is 5.31. The van der Waals surface area contributed by atoms with Gasteiger partial charge in [0.15, 0.2) is 5.13 Å². The van der Waals surface area contributed by atoms with Crippen LogP contribution in [0.25, 0.3) is 0 Å². The molecule has 1 heterocycles. The fourth-order valence-corrected chi connectivity index (χ4v) is 3.85. The van der Waals surface area contributed by atoms with E-state index in [1.165, 1.54) is 17.7 Å². The lowest BCUT2D eigenvalue weighted by Gasteiger charge is -2.19. The summed E-state index contributed by atoms with van der Waals surface area (Å²) in [5.74, 6) is 0.413.